The second kappa shape index (κ2) is 8.76. The first-order valence-electron chi connectivity index (χ1n) is 10.6. The normalized spacial score (nSPS) is 18.6. The van der Waals surface area contributed by atoms with Gasteiger partial charge in [0, 0.05) is 50.8 Å². The van der Waals surface area contributed by atoms with Gasteiger partial charge in [-0.25, -0.2) is 0 Å². The second-order valence-electron chi connectivity index (χ2n) is 8.40. The van der Waals surface area contributed by atoms with Gasteiger partial charge in [-0.15, -0.1) is 0 Å². The van der Waals surface area contributed by atoms with Crippen LogP contribution in [-0.4, -0.2) is 54.0 Å². The molecule has 1 aliphatic heterocycles. The fourth-order valence-electron chi connectivity index (χ4n) is 4.41. The molecule has 1 atom stereocenters. The zero-order valence-electron chi connectivity index (χ0n) is 18.0. The number of piperidine rings is 1. The maximum absolute atomic E-state index is 13.3. The number of carbonyl (C=O) groups excluding carboxylic acids is 2. The Morgan fingerprint density at radius 2 is 1.74 bits per heavy atom. The van der Waals surface area contributed by atoms with Crippen molar-refractivity contribution in [1.29, 1.82) is 0 Å². The van der Waals surface area contributed by atoms with Crippen LogP contribution < -0.4 is 0 Å². The minimum Gasteiger partial charge on any atom is -0.361 e. The molecule has 1 aromatic heterocycles. The van der Waals surface area contributed by atoms with Crippen LogP contribution in [0, 0.1) is 5.41 Å². The highest BCUT2D eigenvalue weighted by Crippen LogP contribution is 2.37. The van der Waals surface area contributed by atoms with Gasteiger partial charge in [-0.2, -0.15) is 0 Å². The molecule has 1 fully saturated rings. The van der Waals surface area contributed by atoms with E-state index in [0.29, 0.717) is 37.3 Å². The van der Waals surface area contributed by atoms with Gasteiger partial charge in [0.05, 0.1) is 5.41 Å². The Morgan fingerprint density at radius 3 is 2.42 bits per heavy atom. The van der Waals surface area contributed by atoms with Crippen molar-refractivity contribution in [2.45, 2.75) is 19.3 Å². The first-order valence-corrected chi connectivity index (χ1v) is 10.6. The van der Waals surface area contributed by atoms with Crippen LogP contribution in [0.3, 0.4) is 0 Å². The summed E-state index contributed by atoms with van der Waals surface area (Å²) in [5, 5.41) is 4.21. The first kappa shape index (κ1) is 20.8. The number of hydrogen-bond donors (Lipinski definition) is 0. The standard InChI is InChI=1S/C25H27N3O3/c1-27(2)24(30)25(17-21-16-22(26-31-21)19-10-5-3-6-11-19)14-9-15-28(18-25)23(29)20-12-7-4-8-13-20/h3-8,10-13,16H,9,14-15,17-18H2,1-2H3/t25-/m1/s1. The number of amides is 2. The van der Waals surface area contributed by atoms with Crippen LogP contribution in [0.4, 0.5) is 0 Å². The van der Waals surface area contributed by atoms with Crippen LogP contribution in [-0.2, 0) is 11.2 Å². The Hall–Kier alpha value is -3.41. The minimum absolute atomic E-state index is 0.00993. The van der Waals surface area contributed by atoms with Crippen molar-refractivity contribution in [3.63, 3.8) is 0 Å². The molecule has 0 radical (unpaired) electrons. The molecule has 1 aliphatic rings. The molecule has 2 heterocycles. The minimum atomic E-state index is -0.736. The predicted molar refractivity (Wildman–Crippen MR) is 118 cm³/mol. The van der Waals surface area contributed by atoms with E-state index in [1.165, 1.54) is 0 Å². The van der Waals surface area contributed by atoms with Gasteiger partial charge in [-0.3, -0.25) is 9.59 Å². The first-order chi connectivity index (χ1) is 15.0. The van der Waals surface area contributed by atoms with E-state index in [1.807, 2.05) is 66.7 Å². The average Bonchev–Trinajstić information content (AvgIpc) is 3.27. The van der Waals surface area contributed by atoms with Crippen LogP contribution in [0.5, 0.6) is 0 Å². The van der Waals surface area contributed by atoms with Crippen LogP contribution in [0.2, 0.25) is 0 Å². The van der Waals surface area contributed by atoms with Crippen LogP contribution in [0.1, 0.15) is 29.0 Å². The molecule has 0 spiro atoms. The van der Waals surface area contributed by atoms with E-state index in [-0.39, 0.29) is 11.8 Å². The maximum Gasteiger partial charge on any atom is 0.253 e. The molecule has 0 saturated carbocycles. The monoisotopic (exact) mass is 417 g/mol. The van der Waals surface area contributed by atoms with Gasteiger partial charge in [0.15, 0.2) is 0 Å². The average molecular weight is 418 g/mol. The van der Waals surface area contributed by atoms with Gasteiger partial charge < -0.3 is 14.3 Å². The number of benzene rings is 2. The molecule has 0 bridgehead atoms. The molecular formula is C25H27N3O3. The zero-order chi connectivity index (χ0) is 21.8. The number of hydrogen-bond acceptors (Lipinski definition) is 4. The summed E-state index contributed by atoms with van der Waals surface area (Å²) in [6.45, 7) is 1.00. The number of rotatable bonds is 5. The summed E-state index contributed by atoms with van der Waals surface area (Å²) in [7, 11) is 3.52. The third kappa shape index (κ3) is 4.38. The van der Waals surface area contributed by atoms with Gasteiger partial charge in [0.1, 0.15) is 11.5 Å². The molecule has 0 unspecified atom stereocenters. The fraction of sp³-hybridized carbons (Fsp3) is 0.320. The van der Waals surface area contributed by atoms with Gasteiger partial charge in [-0.05, 0) is 25.0 Å². The third-order valence-electron chi connectivity index (χ3n) is 5.89. The molecule has 160 valence electrons. The second-order valence-corrected chi connectivity index (χ2v) is 8.40. The number of nitrogens with zero attached hydrogens (tertiary/aromatic N) is 3. The fourth-order valence-corrected chi connectivity index (χ4v) is 4.41. The molecule has 0 aliphatic carbocycles. The summed E-state index contributed by atoms with van der Waals surface area (Å²) in [5.41, 5.74) is 1.62. The van der Waals surface area contributed by atoms with Crippen molar-refractivity contribution in [1.82, 2.24) is 15.0 Å². The van der Waals surface area contributed by atoms with E-state index in [9.17, 15) is 9.59 Å². The molecule has 6 heteroatoms. The lowest BCUT2D eigenvalue weighted by Gasteiger charge is -2.42. The lowest BCUT2D eigenvalue weighted by Crippen LogP contribution is -2.54. The molecule has 31 heavy (non-hydrogen) atoms. The lowest BCUT2D eigenvalue weighted by atomic mass is 9.75. The van der Waals surface area contributed by atoms with E-state index in [4.69, 9.17) is 4.52 Å². The molecular weight excluding hydrogens is 390 g/mol. The summed E-state index contributed by atoms with van der Waals surface area (Å²) in [6.07, 6.45) is 1.87. The lowest BCUT2D eigenvalue weighted by molar-refractivity contribution is -0.142. The zero-order valence-corrected chi connectivity index (χ0v) is 18.0. The molecule has 3 aromatic rings. The van der Waals surface area contributed by atoms with Crippen LogP contribution in [0.25, 0.3) is 11.3 Å². The van der Waals surface area contributed by atoms with Gasteiger partial charge in [0.25, 0.3) is 5.91 Å². The van der Waals surface area contributed by atoms with Crippen molar-refractivity contribution in [3.8, 4) is 11.3 Å². The van der Waals surface area contributed by atoms with Gasteiger partial charge in [-0.1, -0.05) is 53.7 Å². The maximum atomic E-state index is 13.3. The van der Waals surface area contributed by atoms with E-state index in [1.54, 1.807) is 23.9 Å². The Labute approximate surface area is 182 Å². The van der Waals surface area contributed by atoms with Crippen molar-refractivity contribution in [3.05, 3.63) is 78.1 Å². The Balaban J connectivity index is 1.61. The number of carbonyl (C=O) groups is 2. The van der Waals surface area contributed by atoms with Crippen LogP contribution >= 0.6 is 0 Å². The van der Waals surface area contributed by atoms with E-state index < -0.39 is 5.41 Å². The molecule has 2 amide bonds. The summed E-state index contributed by atoms with van der Waals surface area (Å²) >= 11 is 0. The predicted octanol–water partition coefficient (Wildman–Crippen LogP) is 3.89. The highest BCUT2D eigenvalue weighted by Gasteiger charge is 2.45. The summed E-state index contributed by atoms with van der Waals surface area (Å²) in [6, 6.07) is 20.9. The highest BCUT2D eigenvalue weighted by atomic mass is 16.5. The summed E-state index contributed by atoms with van der Waals surface area (Å²) in [5.74, 6) is 0.623. The van der Waals surface area contributed by atoms with Crippen molar-refractivity contribution in [2.24, 2.45) is 5.41 Å². The van der Waals surface area contributed by atoms with E-state index in [0.717, 1.165) is 17.7 Å². The van der Waals surface area contributed by atoms with E-state index >= 15 is 0 Å². The van der Waals surface area contributed by atoms with Crippen LogP contribution in [0.15, 0.2) is 71.3 Å². The molecule has 4 rings (SSSR count). The Bertz CT molecular complexity index is 1050. The number of aromatic nitrogens is 1. The topological polar surface area (TPSA) is 66.7 Å². The summed E-state index contributed by atoms with van der Waals surface area (Å²) in [4.78, 5) is 29.8. The van der Waals surface area contributed by atoms with Gasteiger partial charge in [0.2, 0.25) is 5.91 Å². The largest absolute Gasteiger partial charge is 0.361 e. The van der Waals surface area contributed by atoms with E-state index in [2.05, 4.69) is 5.16 Å². The molecule has 1 saturated heterocycles. The quantitative estimate of drug-likeness (QED) is 0.632. The highest BCUT2D eigenvalue weighted by molar-refractivity contribution is 5.95. The van der Waals surface area contributed by atoms with Crippen molar-refractivity contribution < 1.29 is 14.1 Å². The molecule has 2 aromatic carbocycles. The van der Waals surface area contributed by atoms with Crippen molar-refractivity contribution in [2.75, 3.05) is 27.2 Å². The smallest absolute Gasteiger partial charge is 0.253 e. The Morgan fingerprint density at radius 1 is 1.06 bits per heavy atom. The Kier molecular flexibility index (Phi) is 5.89. The molecule has 6 nitrogen and oxygen atoms in total. The SMILES string of the molecule is CN(C)C(=O)[C@@]1(Cc2cc(-c3ccccc3)no2)CCCN(C(=O)c2ccccc2)C1. The number of likely N-dealkylation sites (tertiary alicyclic amines) is 1. The van der Waals surface area contributed by atoms with Gasteiger partial charge >= 0.3 is 0 Å². The third-order valence-corrected chi connectivity index (χ3v) is 5.89. The summed E-state index contributed by atoms with van der Waals surface area (Å²) < 4.78 is 5.63. The molecule has 0 N–H and O–H groups in total. The van der Waals surface area contributed by atoms with Crippen molar-refractivity contribution >= 4 is 11.8 Å².